The predicted molar refractivity (Wildman–Crippen MR) is 111 cm³/mol. The van der Waals surface area contributed by atoms with E-state index < -0.39 is 11.8 Å². The van der Waals surface area contributed by atoms with Crippen molar-refractivity contribution < 1.29 is 19.1 Å². The quantitative estimate of drug-likeness (QED) is 0.636. The normalized spacial score (nSPS) is 10.1. The average molecular weight is 391 g/mol. The molecule has 0 saturated carbocycles. The fourth-order valence-electron chi connectivity index (χ4n) is 2.59. The van der Waals surface area contributed by atoms with E-state index in [9.17, 15) is 9.59 Å². The Hall–Kier alpha value is -3.87. The highest BCUT2D eigenvalue weighted by Gasteiger charge is 2.14. The second kappa shape index (κ2) is 9.36. The van der Waals surface area contributed by atoms with Crippen LogP contribution >= 0.6 is 0 Å². The topological polar surface area (TPSA) is 89.5 Å². The van der Waals surface area contributed by atoms with Crippen LogP contribution < -0.4 is 20.1 Å². The van der Waals surface area contributed by atoms with Crippen LogP contribution in [0.2, 0.25) is 0 Å². The van der Waals surface area contributed by atoms with E-state index in [4.69, 9.17) is 9.47 Å². The number of hydrogen-bond acceptors (Lipinski definition) is 5. The molecule has 3 rings (SSSR count). The Kier molecular flexibility index (Phi) is 6.42. The van der Waals surface area contributed by atoms with Gasteiger partial charge in [-0.05, 0) is 55.5 Å². The Balaban J connectivity index is 1.73. The number of benzene rings is 2. The third-order valence-electron chi connectivity index (χ3n) is 4.00. The van der Waals surface area contributed by atoms with Crippen LogP contribution in [0, 0.1) is 0 Å². The summed E-state index contributed by atoms with van der Waals surface area (Å²) in [7, 11) is 1.57. The first kappa shape index (κ1) is 19.9. The van der Waals surface area contributed by atoms with Crippen molar-refractivity contribution >= 4 is 23.2 Å². The number of anilines is 2. The van der Waals surface area contributed by atoms with Gasteiger partial charge in [-0.3, -0.25) is 9.59 Å². The van der Waals surface area contributed by atoms with Gasteiger partial charge in [0.05, 0.1) is 19.4 Å². The van der Waals surface area contributed by atoms with Crippen LogP contribution in [0.5, 0.6) is 11.5 Å². The van der Waals surface area contributed by atoms with Crippen LogP contribution in [-0.2, 0) is 0 Å². The van der Waals surface area contributed by atoms with Crippen LogP contribution in [0.3, 0.4) is 0 Å². The smallest absolute Gasteiger partial charge is 0.274 e. The molecule has 0 aliphatic heterocycles. The number of nitrogens with one attached hydrogen (secondary N) is 2. The molecular weight excluding hydrogens is 370 g/mol. The first-order chi connectivity index (χ1) is 14.1. The number of carbonyl (C=O) groups excluding carboxylic acids is 2. The van der Waals surface area contributed by atoms with Gasteiger partial charge in [0.2, 0.25) is 0 Å². The molecule has 1 aromatic heterocycles. The van der Waals surface area contributed by atoms with E-state index in [2.05, 4.69) is 15.6 Å². The second-order valence-corrected chi connectivity index (χ2v) is 5.97. The summed E-state index contributed by atoms with van der Waals surface area (Å²) in [6.45, 7) is 2.34. The van der Waals surface area contributed by atoms with Gasteiger partial charge < -0.3 is 20.1 Å². The number of methoxy groups -OCH3 is 1. The zero-order valence-electron chi connectivity index (χ0n) is 16.1. The van der Waals surface area contributed by atoms with E-state index in [0.29, 0.717) is 29.5 Å². The molecule has 1 heterocycles. The zero-order valence-corrected chi connectivity index (χ0v) is 16.1. The van der Waals surface area contributed by atoms with Crippen molar-refractivity contribution in [3.05, 3.63) is 78.1 Å². The number of pyridine rings is 1. The number of carbonyl (C=O) groups is 2. The summed E-state index contributed by atoms with van der Waals surface area (Å²) in [4.78, 5) is 29.3. The molecule has 0 saturated heterocycles. The molecule has 2 aromatic carbocycles. The number of amides is 2. The Morgan fingerprint density at radius 2 is 1.52 bits per heavy atom. The zero-order chi connectivity index (χ0) is 20.6. The van der Waals surface area contributed by atoms with E-state index >= 15 is 0 Å². The summed E-state index contributed by atoms with van der Waals surface area (Å²) < 4.78 is 10.6. The molecule has 0 atom stereocenters. The highest BCUT2D eigenvalue weighted by Crippen LogP contribution is 2.24. The molecule has 29 heavy (non-hydrogen) atoms. The summed E-state index contributed by atoms with van der Waals surface area (Å²) in [5, 5.41) is 5.51. The Labute approximate surface area is 168 Å². The van der Waals surface area contributed by atoms with Crippen molar-refractivity contribution in [2.45, 2.75) is 6.92 Å². The lowest BCUT2D eigenvalue weighted by Gasteiger charge is -2.11. The van der Waals surface area contributed by atoms with Crippen LogP contribution in [0.15, 0.2) is 66.7 Å². The van der Waals surface area contributed by atoms with Crippen molar-refractivity contribution in [1.82, 2.24) is 4.98 Å². The van der Waals surface area contributed by atoms with Crippen LogP contribution in [0.1, 0.15) is 27.9 Å². The van der Waals surface area contributed by atoms with Gasteiger partial charge in [0.15, 0.2) is 0 Å². The molecule has 2 amide bonds. The van der Waals surface area contributed by atoms with E-state index in [0.717, 1.165) is 0 Å². The molecule has 0 aliphatic rings. The Morgan fingerprint density at radius 1 is 0.862 bits per heavy atom. The Morgan fingerprint density at radius 3 is 2.17 bits per heavy atom. The molecule has 0 unspecified atom stereocenters. The van der Waals surface area contributed by atoms with Gasteiger partial charge in [-0.25, -0.2) is 4.98 Å². The summed E-state index contributed by atoms with van der Waals surface area (Å²) in [5.41, 5.74) is 1.39. The highest BCUT2D eigenvalue weighted by molar-refractivity contribution is 6.06. The van der Waals surface area contributed by atoms with Crippen molar-refractivity contribution in [2.75, 3.05) is 24.4 Å². The standard InChI is InChI=1S/C22H21N3O4/c1-3-29-20-10-5-4-7-17(20)25-22(27)19-9-6-8-18(24-19)21(26)23-15-11-13-16(28-2)14-12-15/h4-14H,3H2,1-2H3,(H,23,26)(H,25,27). The number of nitrogens with zero attached hydrogens (tertiary/aromatic N) is 1. The number of hydrogen-bond donors (Lipinski definition) is 2. The molecule has 0 aliphatic carbocycles. The number of para-hydroxylation sites is 2. The van der Waals surface area contributed by atoms with Gasteiger partial charge in [-0.15, -0.1) is 0 Å². The monoisotopic (exact) mass is 391 g/mol. The maximum atomic E-state index is 12.6. The molecule has 148 valence electrons. The minimum atomic E-state index is -0.434. The molecular formula is C22H21N3O4. The van der Waals surface area contributed by atoms with Crippen molar-refractivity contribution in [2.24, 2.45) is 0 Å². The number of aromatic nitrogens is 1. The maximum Gasteiger partial charge on any atom is 0.274 e. The van der Waals surface area contributed by atoms with Crippen LogP contribution in [0.4, 0.5) is 11.4 Å². The van der Waals surface area contributed by atoms with E-state index in [1.54, 1.807) is 67.8 Å². The van der Waals surface area contributed by atoms with Gasteiger partial charge in [0.25, 0.3) is 11.8 Å². The summed E-state index contributed by atoms with van der Waals surface area (Å²) in [6.07, 6.45) is 0. The molecule has 3 aromatic rings. The predicted octanol–water partition coefficient (Wildman–Crippen LogP) is 3.99. The van der Waals surface area contributed by atoms with E-state index in [1.807, 2.05) is 13.0 Å². The first-order valence-corrected chi connectivity index (χ1v) is 9.06. The molecule has 7 nitrogen and oxygen atoms in total. The molecule has 0 radical (unpaired) electrons. The summed E-state index contributed by atoms with van der Waals surface area (Å²) >= 11 is 0. The number of ether oxygens (including phenoxy) is 2. The SMILES string of the molecule is CCOc1ccccc1NC(=O)c1cccc(C(=O)Nc2ccc(OC)cc2)n1. The average Bonchev–Trinajstić information content (AvgIpc) is 2.76. The van der Waals surface area contributed by atoms with E-state index in [1.165, 1.54) is 0 Å². The van der Waals surface area contributed by atoms with Crippen molar-refractivity contribution in [1.29, 1.82) is 0 Å². The minimum absolute atomic E-state index is 0.124. The van der Waals surface area contributed by atoms with Gasteiger partial charge in [-0.1, -0.05) is 18.2 Å². The van der Waals surface area contributed by atoms with Crippen LogP contribution in [-0.4, -0.2) is 30.5 Å². The third-order valence-corrected chi connectivity index (χ3v) is 4.00. The fourth-order valence-corrected chi connectivity index (χ4v) is 2.59. The second-order valence-electron chi connectivity index (χ2n) is 5.97. The first-order valence-electron chi connectivity index (χ1n) is 9.06. The van der Waals surface area contributed by atoms with Gasteiger partial charge in [-0.2, -0.15) is 0 Å². The molecule has 7 heteroatoms. The molecule has 0 fully saturated rings. The molecule has 2 N–H and O–H groups in total. The molecule has 0 bridgehead atoms. The van der Waals surface area contributed by atoms with Gasteiger partial charge in [0, 0.05) is 5.69 Å². The summed E-state index contributed by atoms with van der Waals surface area (Å²) in [6, 6.07) is 18.7. The lowest BCUT2D eigenvalue weighted by molar-refractivity contribution is 0.101. The largest absolute Gasteiger partial charge is 0.497 e. The number of rotatable bonds is 7. The fraction of sp³-hybridized carbons (Fsp3) is 0.136. The van der Waals surface area contributed by atoms with Crippen molar-refractivity contribution in [3.8, 4) is 11.5 Å². The summed E-state index contributed by atoms with van der Waals surface area (Å²) in [5.74, 6) is 0.402. The van der Waals surface area contributed by atoms with E-state index in [-0.39, 0.29) is 11.4 Å². The highest BCUT2D eigenvalue weighted by atomic mass is 16.5. The third kappa shape index (κ3) is 5.10. The minimum Gasteiger partial charge on any atom is -0.497 e. The Bertz CT molecular complexity index is 1000. The lowest BCUT2D eigenvalue weighted by atomic mass is 10.2. The van der Waals surface area contributed by atoms with Crippen LogP contribution in [0.25, 0.3) is 0 Å². The molecule has 0 spiro atoms. The maximum absolute atomic E-state index is 12.6. The van der Waals surface area contributed by atoms with Gasteiger partial charge in [0.1, 0.15) is 22.9 Å². The van der Waals surface area contributed by atoms with Crippen molar-refractivity contribution in [3.63, 3.8) is 0 Å². The lowest BCUT2D eigenvalue weighted by Crippen LogP contribution is -2.18. The van der Waals surface area contributed by atoms with Gasteiger partial charge >= 0.3 is 0 Å².